The predicted octanol–water partition coefficient (Wildman–Crippen LogP) is 1.19. The number of hydrogen-bond donors (Lipinski definition) is 2. The van der Waals surface area contributed by atoms with Gasteiger partial charge in [-0.2, -0.15) is 0 Å². The average Bonchev–Trinajstić information content (AvgIpc) is 2.81. The van der Waals surface area contributed by atoms with Gasteiger partial charge >= 0.3 is 12.0 Å². The van der Waals surface area contributed by atoms with Gasteiger partial charge in [0.2, 0.25) is 5.91 Å². The Labute approximate surface area is 154 Å². The van der Waals surface area contributed by atoms with Crippen LogP contribution < -0.4 is 10.6 Å². The zero-order chi connectivity index (χ0) is 19.5. The molecule has 0 radical (unpaired) electrons. The van der Waals surface area contributed by atoms with Gasteiger partial charge in [-0.25, -0.2) is 9.59 Å². The first-order valence-corrected chi connectivity index (χ1v) is 9.22. The summed E-state index contributed by atoms with van der Waals surface area (Å²) >= 11 is 0. The fourth-order valence-electron chi connectivity index (χ4n) is 3.85. The number of methoxy groups -OCH3 is 1. The number of ether oxygens (including phenoxy) is 1. The Kier molecular flexibility index (Phi) is 6.26. The Morgan fingerprint density at radius 1 is 1.35 bits per heavy atom. The molecule has 8 nitrogen and oxygen atoms in total. The van der Waals surface area contributed by atoms with Crippen molar-refractivity contribution in [3.8, 4) is 0 Å². The van der Waals surface area contributed by atoms with Crippen molar-refractivity contribution in [2.45, 2.75) is 64.5 Å². The van der Waals surface area contributed by atoms with E-state index in [0.29, 0.717) is 12.8 Å². The molecule has 1 aliphatic heterocycles. The van der Waals surface area contributed by atoms with Crippen LogP contribution in [0.4, 0.5) is 4.79 Å². The van der Waals surface area contributed by atoms with Gasteiger partial charge in [-0.05, 0) is 31.1 Å². The molecule has 0 aromatic heterocycles. The molecule has 2 fully saturated rings. The maximum Gasteiger partial charge on any atom is 0.328 e. The molecule has 2 N–H and O–H groups in total. The summed E-state index contributed by atoms with van der Waals surface area (Å²) < 4.78 is 4.72. The Morgan fingerprint density at radius 2 is 2.04 bits per heavy atom. The zero-order valence-electron chi connectivity index (χ0n) is 16.0. The van der Waals surface area contributed by atoms with E-state index in [2.05, 4.69) is 10.6 Å². The molecule has 146 valence electrons. The number of hydrogen-bond acceptors (Lipinski definition) is 5. The molecule has 26 heavy (non-hydrogen) atoms. The summed E-state index contributed by atoms with van der Waals surface area (Å²) in [5, 5.41) is 5.39. The van der Waals surface area contributed by atoms with Crippen LogP contribution in [-0.4, -0.2) is 54.0 Å². The second-order valence-electron chi connectivity index (χ2n) is 7.71. The van der Waals surface area contributed by atoms with Gasteiger partial charge in [0.05, 0.1) is 7.11 Å². The fraction of sp³-hybridized carbons (Fsp3) is 0.778. The summed E-state index contributed by atoms with van der Waals surface area (Å²) in [5.74, 6) is -1.23. The Hall–Kier alpha value is -2.12. The van der Waals surface area contributed by atoms with Crippen molar-refractivity contribution in [2.24, 2.45) is 11.8 Å². The number of carbonyl (C=O) groups excluding carboxylic acids is 4. The quantitative estimate of drug-likeness (QED) is 0.542. The van der Waals surface area contributed by atoms with Gasteiger partial charge in [0, 0.05) is 0 Å². The summed E-state index contributed by atoms with van der Waals surface area (Å²) in [5.41, 5.74) is -0.894. The minimum Gasteiger partial charge on any atom is -0.467 e. The topological polar surface area (TPSA) is 105 Å². The lowest BCUT2D eigenvalue weighted by atomic mass is 9.73. The van der Waals surface area contributed by atoms with Gasteiger partial charge in [0.25, 0.3) is 5.91 Å². The van der Waals surface area contributed by atoms with E-state index in [1.165, 1.54) is 7.11 Å². The molecule has 0 aromatic rings. The van der Waals surface area contributed by atoms with Crippen LogP contribution in [0.25, 0.3) is 0 Å². The van der Waals surface area contributed by atoms with Crippen molar-refractivity contribution in [1.82, 2.24) is 15.5 Å². The van der Waals surface area contributed by atoms with Crippen LogP contribution in [0.1, 0.15) is 52.9 Å². The summed E-state index contributed by atoms with van der Waals surface area (Å²) in [6, 6.07) is -1.34. The number of rotatable bonds is 6. The van der Waals surface area contributed by atoms with Crippen molar-refractivity contribution in [3.63, 3.8) is 0 Å². The molecule has 1 saturated carbocycles. The molecule has 4 amide bonds. The van der Waals surface area contributed by atoms with Crippen molar-refractivity contribution in [1.29, 1.82) is 0 Å². The van der Waals surface area contributed by atoms with Crippen LogP contribution >= 0.6 is 0 Å². The molecule has 8 heteroatoms. The number of nitrogens with zero attached hydrogens (tertiary/aromatic N) is 1. The second-order valence-corrected chi connectivity index (χ2v) is 7.71. The molecule has 1 aliphatic carbocycles. The highest BCUT2D eigenvalue weighted by Gasteiger charge is 2.55. The Bertz CT molecular complexity index is 591. The summed E-state index contributed by atoms with van der Waals surface area (Å²) in [6.45, 7) is 5.41. The zero-order valence-corrected chi connectivity index (χ0v) is 16.0. The largest absolute Gasteiger partial charge is 0.467 e. The summed E-state index contributed by atoms with van der Waals surface area (Å²) in [7, 11) is 1.26. The van der Waals surface area contributed by atoms with Crippen LogP contribution in [0.5, 0.6) is 0 Å². The van der Waals surface area contributed by atoms with Gasteiger partial charge in [-0.1, -0.05) is 33.6 Å². The maximum absolute atomic E-state index is 12.9. The number of imide groups is 1. The molecule has 0 bridgehead atoms. The third-order valence-electron chi connectivity index (χ3n) is 5.33. The minimum atomic E-state index is -0.894. The van der Waals surface area contributed by atoms with Crippen molar-refractivity contribution in [2.75, 3.05) is 13.7 Å². The molecule has 0 unspecified atom stereocenters. The Morgan fingerprint density at radius 3 is 2.62 bits per heavy atom. The number of esters is 1. The molecule has 1 saturated heterocycles. The predicted molar refractivity (Wildman–Crippen MR) is 94.0 cm³/mol. The monoisotopic (exact) mass is 367 g/mol. The molecule has 2 aliphatic rings. The normalized spacial score (nSPS) is 26.8. The lowest BCUT2D eigenvalue weighted by molar-refractivity contribution is -0.145. The van der Waals surface area contributed by atoms with E-state index in [-0.39, 0.29) is 17.7 Å². The van der Waals surface area contributed by atoms with E-state index in [1.807, 2.05) is 20.8 Å². The SMILES string of the molecule is COC(=O)[C@H](CC(C)C)NC(=O)CN1C(=O)N[C@]2(CCCC[C@H]2C)C1=O. The lowest BCUT2D eigenvalue weighted by Crippen LogP contribution is -2.54. The molecule has 0 aromatic carbocycles. The molecule has 3 atom stereocenters. The van der Waals surface area contributed by atoms with E-state index >= 15 is 0 Å². The first-order valence-electron chi connectivity index (χ1n) is 9.22. The summed E-state index contributed by atoms with van der Waals surface area (Å²) in [6.07, 6.45) is 3.77. The van der Waals surface area contributed by atoms with Gasteiger partial charge in [-0.3, -0.25) is 14.5 Å². The minimum absolute atomic E-state index is 0.0320. The first-order chi connectivity index (χ1) is 12.2. The van der Waals surface area contributed by atoms with E-state index in [0.717, 1.165) is 24.2 Å². The van der Waals surface area contributed by atoms with Gasteiger partial charge < -0.3 is 15.4 Å². The van der Waals surface area contributed by atoms with E-state index in [1.54, 1.807) is 0 Å². The summed E-state index contributed by atoms with van der Waals surface area (Å²) in [4.78, 5) is 50.3. The second kappa shape index (κ2) is 8.05. The van der Waals surface area contributed by atoms with Gasteiger partial charge in [0.15, 0.2) is 0 Å². The van der Waals surface area contributed by atoms with Crippen LogP contribution in [0.3, 0.4) is 0 Å². The fourth-order valence-corrected chi connectivity index (χ4v) is 3.85. The number of carbonyl (C=O) groups is 4. The molecule has 1 heterocycles. The van der Waals surface area contributed by atoms with Crippen LogP contribution in [0.15, 0.2) is 0 Å². The van der Waals surface area contributed by atoms with Crippen LogP contribution in [0, 0.1) is 11.8 Å². The average molecular weight is 367 g/mol. The molecule has 2 rings (SSSR count). The third kappa shape index (κ3) is 3.99. The number of amides is 4. The highest BCUT2D eigenvalue weighted by molar-refractivity contribution is 6.09. The van der Waals surface area contributed by atoms with E-state index < -0.39 is 36.0 Å². The van der Waals surface area contributed by atoms with Crippen LogP contribution in [-0.2, 0) is 19.1 Å². The maximum atomic E-state index is 12.9. The van der Waals surface area contributed by atoms with Crippen molar-refractivity contribution in [3.05, 3.63) is 0 Å². The third-order valence-corrected chi connectivity index (χ3v) is 5.33. The van der Waals surface area contributed by atoms with Gasteiger partial charge in [-0.15, -0.1) is 0 Å². The standard InChI is InChI=1S/C18H29N3O5/c1-11(2)9-13(15(23)26-4)19-14(22)10-21-16(24)18(20-17(21)25)8-6-5-7-12(18)3/h11-13H,5-10H2,1-4H3,(H,19,22)(H,20,25)/t12-,13+,18+/m1/s1. The first kappa shape index (κ1) is 20.2. The van der Waals surface area contributed by atoms with Crippen LogP contribution in [0.2, 0.25) is 0 Å². The van der Waals surface area contributed by atoms with Crippen molar-refractivity contribution >= 4 is 23.8 Å². The number of nitrogens with one attached hydrogen (secondary N) is 2. The number of urea groups is 1. The van der Waals surface area contributed by atoms with E-state index in [9.17, 15) is 19.2 Å². The van der Waals surface area contributed by atoms with E-state index in [4.69, 9.17) is 4.74 Å². The highest BCUT2D eigenvalue weighted by Crippen LogP contribution is 2.38. The smallest absolute Gasteiger partial charge is 0.328 e. The van der Waals surface area contributed by atoms with Gasteiger partial charge in [0.1, 0.15) is 18.1 Å². The Balaban J connectivity index is 2.05. The molecule has 1 spiro atoms. The van der Waals surface area contributed by atoms with Crippen molar-refractivity contribution < 1.29 is 23.9 Å². The lowest BCUT2D eigenvalue weighted by Gasteiger charge is -2.36. The highest BCUT2D eigenvalue weighted by atomic mass is 16.5. The molecular formula is C18H29N3O5. The molecular weight excluding hydrogens is 338 g/mol.